The van der Waals surface area contributed by atoms with Crippen molar-refractivity contribution in [3.8, 4) is 0 Å². The third-order valence-electron chi connectivity index (χ3n) is 2.97. The minimum atomic E-state index is -0.606. The molecule has 0 radical (unpaired) electrons. The van der Waals surface area contributed by atoms with E-state index in [1.807, 2.05) is 30.3 Å². The molecule has 0 aromatic heterocycles. The van der Waals surface area contributed by atoms with E-state index in [0.717, 1.165) is 37.9 Å². The third-order valence-corrected chi connectivity index (χ3v) is 2.97. The molecule has 1 aromatic rings. The van der Waals surface area contributed by atoms with Crippen LogP contribution in [0.5, 0.6) is 0 Å². The standard InChI is InChI=1S/C12H17NO/c14-12(7-4-9-13-10-8-12)11-5-2-1-3-6-11/h1-3,5-6,13-14H,4,7-10H2/t12-/m1/s1. The smallest absolute Gasteiger partial charge is 0.0909 e. The molecule has 1 aromatic carbocycles. The van der Waals surface area contributed by atoms with Crippen molar-refractivity contribution in [2.75, 3.05) is 13.1 Å². The van der Waals surface area contributed by atoms with Crippen LogP contribution in [0.15, 0.2) is 30.3 Å². The summed E-state index contributed by atoms with van der Waals surface area (Å²) in [6, 6.07) is 10.0. The molecule has 2 nitrogen and oxygen atoms in total. The van der Waals surface area contributed by atoms with E-state index in [-0.39, 0.29) is 0 Å². The van der Waals surface area contributed by atoms with Crippen molar-refractivity contribution in [2.45, 2.75) is 24.9 Å². The largest absolute Gasteiger partial charge is 0.385 e. The Morgan fingerprint density at radius 1 is 1.07 bits per heavy atom. The van der Waals surface area contributed by atoms with Gasteiger partial charge in [-0.2, -0.15) is 0 Å². The fourth-order valence-corrected chi connectivity index (χ4v) is 2.09. The van der Waals surface area contributed by atoms with Gasteiger partial charge in [0.05, 0.1) is 5.60 Å². The summed E-state index contributed by atoms with van der Waals surface area (Å²) < 4.78 is 0. The highest BCUT2D eigenvalue weighted by Crippen LogP contribution is 2.30. The van der Waals surface area contributed by atoms with Crippen molar-refractivity contribution in [3.63, 3.8) is 0 Å². The maximum Gasteiger partial charge on any atom is 0.0909 e. The maximum atomic E-state index is 10.5. The van der Waals surface area contributed by atoms with Crippen LogP contribution < -0.4 is 5.32 Å². The predicted molar refractivity (Wildman–Crippen MR) is 57.1 cm³/mol. The molecule has 2 rings (SSSR count). The summed E-state index contributed by atoms with van der Waals surface area (Å²) in [7, 11) is 0. The first kappa shape index (κ1) is 9.69. The summed E-state index contributed by atoms with van der Waals surface area (Å²) in [5, 5.41) is 13.8. The minimum absolute atomic E-state index is 0.606. The Morgan fingerprint density at radius 3 is 2.64 bits per heavy atom. The van der Waals surface area contributed by atoms with Crippen LogP contribution in [-0.4, -0.2) is 18.2 Å². The number of aliphatic hydroxyl groups is 1. The van der Waals surface area contributed by atoms with Crippen LogP contribution in [0.1, 0.15) is 24.8 Å². The quantitative estimate of drug-likeness (QED) is 0.707. The Kier molecular flexibility index (Phi) is 2.85. The van der Waals surface area contributed by atoms with Gasteiger partial charge in [-0.3, -0.25) is 0 Å². The van der Waals surface area contributed by atoms with Crippen LogP contribution in [0.2, 0.25) is 0 Å². The Bertz CT molecular complexity index is 276. The van der Waals surface area contributed by atoms with Gasteiger partial charge in [-0.1, -0.05) is 30.3 Å². The zero-order chi connectivity index (χ0) is 9.86. The van der Waals surface area contributed by atoms with Crippen molar-refractivity contribution in [2.24, 2.45) is 0 Å². The average molecular weight is 191 g/mol. The second-order valence-corrected chi connectivity index (χ2v) is 4.00. The summed E-state index contributed by atoms with van der Waals surface area (Å²) in [6.07, 6.45) is 2.73. The van der Waals surface area contributed by atoms with E-state index in [1.54, 1.807) is 0 Å². The second-order valence-electron chi connectivity index (χ2n) is 4.00. The minimum Gasteiger partial charge on any atom is -0.385 e. The van der Waals surface area contributed by atoms with E-state index in [0.29, 0.717) is 0 Å². The van der Waals surface area contributed by atoms with Crippen LogP contribution >= 0.6 is 0 Å². The lowest BCUT2D eigenvalue weighted by Crippen LogP contribution is -2.26. The lowest BCUT2D eigenvalue weighted by molar-refractivity contribution is 0.0240. The van der Waals surface area contributed by atoms with Gasteiger partial charge < -0.3 is 10.4 Å². The number of hydrogen-bond acceptors (Lipinski definition) is 2. The van der Waals surface area contributed by atoms with Crippen molar-refractivity contribution >= 4 is 0 Å². The van der Waals surface area contributed by atoms with E-state index < -0.39 is 5.60 Å². The molecule has 0 amide bonds. The van der Waals surface area contributed by atoms with Crippen molar-refractivity contribution < 1.29 is 5.11 Å². The van der Waals surface area contributed by atoms with Crippen molar-refractivity contribution in [1.82, 2.24) is 5.32 Å². The molecular formula is C12H17NO. The van der Waals surface area contributed by atoms with Crippen LogP contribution in [0, 0.1) is 0 Å². The van der Waals surface area contributed by atoms with Crippen molar-refractivity contribution in [3.05, 3.63) is 35.9 Å². The summed E-state index contributed by atoms with van der Waals surface area (Å²) >= 11 is 0. The fraction of sp³-hybridized carbons (Fsp3) is 0.500. The van der Waals surface area contributed by atoms with E-state index in [1.165, 1.54) is 0 Å². The van der Waals surface area contributed by atoms with Gasteiger partial charge in [0.25, 0.3) is 0 Å². The number of rotatable bonds is 1. The van der Waals surface area contributed by atoms with Crippen LogP contribution in [0.25, 0.3) is 0 Å². The topological polar surface area (TPSA) is 32.3 Å². The summed E-state index contributed by atoms with van der Waals surface area (Å²) in [5.74, 6) is 0. The number of benzene rings is 1. The van der Waals surface area contributed by atoms with Crippen LogP contribution in [-0.2, 0) is 5.60 Å². The molecule has 0 unspecified atom stereocenters. The predicted octanol–water partition coefficient (Wildman–Crippen LogP) is 1.65. The normalized spacial score (nSPS) is 28.4. The first-order valence-electron chi connectivity index (χ1n) is 5.30. The molecular weight excluding hydrogens is 174 g/mol. The van der Waals surface area contributed by atoms with E-state index in [2.05, 4.69) is 5.32 Å². The fourth-order valence-electron chi connectivity index (χ4n) is 2.09. The molecule has 14 heavy (non-hydrogen) atoms. The Hall–Kier alpha value is -0.860. The third kappa shape index (κ3) is 1.97. The Labute approximate surface area is 85.0 Å². The second kappa shape index (κ2) is 4.11. The van der Waals surface area contributed by atoms with Gasteiger partial charge in [-0.05, 0) is 37.9 Å². The molecule has 2 N–H and O–H groups in total. The van der Waals surface area contributed by atoms with E-state index >= 15 is 0 Å². The van der Waals surface area contributed by atoms with Gasteiger partial charge in [0, 0.05) is 0 Å². The van der Waals surface area contributed by atoms with Gasteiger partial charge in [-0.15, -0.1) is 0 Å². The van der Waals surface area contributed by atoms with Gasteiger partial charge >= 0.3 is 0 Å². The Morgan fingerprint density at radius 2 is 1.86 bits per heavy atom. The monoisotopic (exact) mass is 191 g/mol. The van der Waals surface area contributed by atoms with Crippen LogP contribution in [0.3, 0.4) is 0 Å². The van der Waals surface area contributed by atoms with Gasteiger partial charge in [0.1, 0.15) is 0 Å². The number of hydrogen-bond donors (Lipinski definition) is 2. The first-order chi connectivity index (χ1) is 6.81. The molecule has 1 atom stereocenters. The molecule has 1 fully saturated rings. The van der Waals surface area contributed by atoms with Gasteiger partial charge in [0.2, 0.25) is 0 Å². The van der Waals surface area contributed by atoms with E-state index in [4.69, 9.17) is 0 Å². The molecule has 2 heteroatoms. The molecule has 1 saturated heterocycles. The lowest BCUT2D eigenvalue weighted by atomic mass is 9.87. The molecule has 1 aliphatic heterocycles. The SMILES string of the molecule is O[C@]1(c2ccccc2)CCCNCC1. The van der Waals surface area contributed by atoms with Crippen LogP contribution in [0.4, 0.5) is 0 Å². The maximum absolute atomic E-state index is 10.5. The Balaban J connectivity index is 2.21. The first-order valence-corrected chi connectivity index (χ1v) is 5.30. The molecule has 0 spiro atoms. The highest BCUT2D eigenvalue weighted by Gasteiger charge is 2.29. The summed E-state index contributed by atoms with van der Waals surface area (Å²) in [5.41, 5.74) is 0.453. The highest BCUT2D eigenvalue weighted by molar-refractivity contribution is 5.22. The number of nitrogens with one attached hydrogen (secondary N) is 1. The van der Waals surface area contributed by atoms with Gasteiger partial charge in [-0.25, -0.2) is 0 Å². The van der Waals surface area contributed by atoms with E-state index in [9.17, 15) is 5.11 Å². The average Bonchev–Trinajstić information content (AvgIpc) is 2.46. The molecule has 1 heterocycles. The van der Waals surface area contributed by atoms with Crippen molar-refractivity contribution in [1.29, 1.82) is 0 Å². The molecule has 0 saturated carbocycles. The zero-order valence-corrected chi connectivity index (χ0v) is 8.37. The summed E-state index contributed by atoms with van der Waals surface area (Å²) in [4.78, 5) is 0. The molecule has 76 valence electrons. The lowest BCUT2D eigenvalue weighted by Gasteiger charge is -2.26. The molecule has 0 bridgehead atoms. The zero-order valence-electron chi connectivity index (χ0n) is 8.37. The molecule has 0 aliphatic carbocycles. The highest BCUT2D eigenvalue weighted by atomic mass is 16.3. The summed E-state index contributed by atoms with van der Waals surface area (Å²) in [6.45, 7) is 1.93. The van der Waals surface area contributed by atoms with Gasteiger partial charge in [0.15, 0.2) is 0 Å². The molecule has 1 aliphatic rings.